The third-order valence-electron chi connectivity index (χ3n) is 3.77. The Labute approximate surface area is 114 Å². The second-order valence-electron chi connectivity index (χ2n) is 5.07. The van der Waals surface area contributed by atoms with E-state index < -0.39 is 0 Å². The van der Waals surface area contributed by atoms with Crippen molar-refractivity contribution in [2.75, 3.05) is 18.0 Å². The van der Waals surface area contributed by atoms with E-state index >= 15 is 0 Å². The van der Waals surface area contributed by atoms with Crippen molar-refractivity contribution in [3.63, 3.8) is 0 Å². The summed E-state index contributed by atoms with van der Waals surface area (Å²) in [6, 6.07) is 12.8. The molecule has 1 aliphatic rings. The van der Waals surface area contributed by atoms with E-state index in [2.05, 4.69) is 40.2 Å². The van der Waals surface area contributed by atoms with E-state index in [0.29, 0.717) is 5.92 Å². The predicted octanol–water partition coefficient (Wildman–Crippen LogP) is 2.53. The number of rotatable bonds is 4. The van der Waals surface area contributed by atoms with Gasteiger partial charge in [-0.3, -0.25) is 4.98 Å². The molecular formula is C16H19N3. The Hall–Kier alpha value is -1.87. The van der Waals surface area contributed by atoms with Crippen LogP contribution in [0.15, 0.2) is 48.8 Å². The molecule has 0 saturated heterocycles. The van der Waals surface area contributed by atoms with Gasteiger partial charge in [-0.2, -0.15) is 0 Å². The topological polar surface area (TPSA) is 42.1 Å². The summed E-state index contributed by atoms with van der Waals surface area (Å²) in [5.41, 5.74) is 9.78. The van der Waals surface area contributed by atoms with E-state index in [1.165, 1.54) is 16.8 Å². The Morgan fingerprint density at radius 1 is 1.21 bits per heavy atom. The molecule has 0 aliphatic carbocycles. The van der Waals surface area contributed by atoms with Crippen LogP contribution >= 0.6 is 0 Å². The van der Waals surface area contributed by atoms with Gasteiger partial charge in [-0.25, -0.2) is 0 Å². The number of nitrogens with zero attached hydrogens (tertiary/aromatic N) is 2. The molecule has 1 aromatic heterocycles. The molecule has 3 nitrogen and oxygen atoms in total. The predicted molar refractivity (Wildman–Crippen MR) is 78.1 cm³/mol. The second kappa shape index (κ2) is 5.41. The molecule has 19 heavy (non-hydrogen) atoms. The lowest BCUT2D eigenvalue weighted by Crippen LogP contribution is -2.22. The molecule has 98 valence electrons. The van der Waals surface area contributed by atoms with Gasteiger partial charge in [0.1, 0.15) is 0 Å². The normalized spacial score (nSPS) is 17.5. The molecule has 1 atom stereocenters. The van der Waals surface area contributed by atoms with E-state index in [-0.39, 0.29) is 0 Å². The van der Waals surface area contributed by atoms with E-state index in [4.69, 9.17) is 5.73 Å². The van der Waals surface area contributed by atoms with Crippen molar-refractivity contribution in [1.82, 2.24) is 4.98 Å². The summed E-state index contributed by atoms with van der Waals surface area (Å²) in [5, 5.41) is 0. The number of nitrogens with two attached hydrogens (primary N) is 1. The molecule has 0 radical (unpaired) electrons. The summed E-state index contributed by atoms with van der Waals surface area (Å²) in [7, 11) is 0. The Morgan fingerprint density at radius 3 is 2.89 bits per heavy atom. The quantitative estimate of drug-likeness (QED) is 0.910. The van der Waals surface area contributed by atoms with Crippen molar-refractivity contribution in [3.05, 3.63) is 59.9 Å². The van der Waals surface area contributed by atoms with Gasteiger partial charge in [0.15, 0.2) is 0 Å². The van der Waals surface area contributed by atoms with Gasteiger partial charge < -0.3 is 10.6 Å². The summed E-state index contributed by atoms with van der Waals surface area (Å²) in [6.45, 7) is 2.73. The van der Waals surface area contributed by atoms with Crippen molar-refractivity contribution in [2.24, 2.45) is 5.73 Å². The highest BCUT2D eigenvalue weighted by atomic mass is 15.2. The minimum Gasteiger partial charge on any atom is -0.366 e. The summed E-state index contributed by atoms with van der Waals surface area (Å²) < 4.78 is 0. The van der Waals surface area contributed by atoms with E-state index in [0.717, 1.165) is 26.1 Å². The Morgan fingerprint density at radius 2 is 2.11 bits per heavy atom. The lowest BCUT2D eigenvalue weighted by atomic mass is 9.98. The summed E-state index contributed by atoms with van der Waals surface area (Å²) >= 11 is 0. The minimum absolute atomic E-state index is 0.567. The lowest BCUT2D eigenvalue weighted by molar-refractivity contribution is 0.644. The third-order valence-corrected chi connectivity index (χ3v) is 3.77. The summed E-state index contributed by atoms with van der Waals surface area (Å²) in [4.78, 5) is 6.63. The molecule has 1 aromatic carbocycles. The fourth-order valence-corrected chi connectivity index (χ4v) is 2.89. The molecule has 0 saturated carbocycles. The highest BCUT2D eigenvalue weighted by Crippen LogP contribution is 2.38. The van der Waals surface area contributed by atoms with E-state index in [1.54, 1.807) is 0 Å². The van der Waals surface area contributed by atoms with Gasteiger partial charge in [0.25, 0.3) is 0 Å². The fourth-order valence-electron chi connectivity index (χ4n) is 2.89. The zero-order valence-electron chi connectivity index (χ0n) is 11.0. The van der Waals surface area contributed by atoms with Crippen molar-refractivity contribution in [1.29, 1.82) is 0 Å². The van der Waals surface area contributed by atoms with Crippen LogP contribution in [0.25, 0.3) is 0 Å². The summed E-state index contributed by atoms with van der Waals surface area (Å²) in [5.74, 6) is 0.567. The highest BCUT2D eigenvalue weighted by molar-refractivity contribution is 5.60. The monoisotopic (exact) mass is 253 g/mol. The number of para-hydroxylation sites is 1. The van der Waals surface area contributed by atoms with Gasteiger partial charge in [0.05, 0.1) is 0 Å². The van der Waals surface area contributed by atoms with Gasteiger partial charge >= 0.3 is 0 Å². The van der Waals surface area contributed by atoms with Crippen molar-refractivity contribution in [2.45, 2.75) is 18.9 Å². The molecule has 3 heteroatoms. The van der Waals surface area contributed by atoms with Crippen LogP contribution in [-0.4, -0.2) is 18.1 Å². The molecule has 2 aromatic rings. The van der Waals surface area contributed by atoms with Gasteiger partial charge in [-0.05, 0) is 36.2 Å². The molecule has 0 amide bonds. The molecule has 0 bridgehead atoms. The van der Waals surface area contributed by atoms with Crippen molar-refractivity contribution < 1.29 is 0 Å². The number of anilines is 1. The first-order valence-electron chi connectivity index (χ1n) is 6.81. The van der Waals surface area contributed by atoms with Crippen molar-refractivity contribution >= 4 is 5.69 Å². The first kappa shape index (κ1) is 12.2. The Balaban J connectivity index is 1.84. The van der Waals surface area contributed by atoms with Crippen LogP contribution in [0.4, 0.5) is 5.69 Å². The van der Waals surface area contributed by atoms with Crippen LogP contribution in [0.1, 0.15) is 23.5 Å². The molecule has 3 rings (SSSR count). The maximum Gasteiger partial charge on any atom is 0.0445 e. The van der Waals surface area contributed by atoms with Gasteiger partial charge in [0.2, 0.25) is 0 Å². The standard InChI is InChI=1S/C16H19N3/c17-8-7-14-12-19(11-13-4-3-9-18-10-13)16-6-2-1-5-15(14)16/h1-6,9-10,14H,7-8,11-12,17H2. The first-order valence-corrected chi connectivity index (χ1v) is 6.81. The second-order valence-corrected chi connectivity index (χ2v) is 5.07. The number of fused-ring (bicyclic) bond motifs is 1. The molecular weight excluding hydrogens is 234 g/mol. The molecule has 2 heterocycles. The largest absolute Gasteiger partial charge is 0.366 e. The van der Waals surface area contributed by atoms with Gasteiger partial charge in [-0.1, -0.05) is 24.3 Å². The fraction of sp³-hybridized carbons (Fsp3) is 0.312. The maximum atomic E-state index is 5.73. The SMILES string of the molecule is NCCC1CN(Cc2cccnc2)c2ccccc21. The number of aromatic nitrogens is 1. The van der Waals surface area contributed by atoms with Crippen LogP contribution in [0.5, 0.6) is 0 Å². The number of hydrogen-bond donors (Lipinski definition) is 1. The number of pyridine rings is 1. The van der Waals surface area contributed by atoms with Crippen molar-refractivity contribution in [3.8, 4) is 0 Å². The number of benzene rings is 1. The molecule has 1 aliphatic heterocycles. The van der Waals surface area contributed by atoms with Crippen LogP contribution in [0, 0.1) is 0 Å². The lowest BCUT2D eigenvalue weighted by Gasteiger charge is -2.19. The molecule has 2 N–H and O–H groups in total. The smallest absolute Gasteiger partial charge is 0.0445 e. The third kappa shape index (κ3) is 2.47. The molecule has 0 spiro atoms. The summed E-state index contributed by atoms with van der Waals surface area (Å²) in [6.07, 6.45) is 4.82. The highest BCUT2D eigenvalue weighted by Gasteiger charge is 2.27. The van der Waals surface area contributed by atoms with Crippen LogP contribution in [0.3, 0.4) is 0 Å². The Bertz CT molecular complexity index is 539. The number of hydrogen-bond acceptors (Lipinski definition) is 3. The van der Waals surface area contributed by atoms with Crippen LogP contribution < -0.4 is 10.6 Å². The Kier molecular flexibility index (Phi) is 3.47. The molecule has 0 fully saturated rings. The van der Waals surface area contributed by atoms with E-state index in [1.807, 2.05) is 18.5 Å². The van der Waals surface area contributed by atoms with Crippen LogP contribution in [-0.2, 0) is 6.54 Å². The minimum atomic E-state index is 0.567. The maximum absolute atomic E-state index is 5.73. The zero-order valence-corrected chi connectivity index (χ0v) is 11.0. The van der Waals surface area contributed by atoms with Gasteiger partial charge in [-0.15, -0.1) is 0 Å². The van der Waals surface area contributed by atoms with Gasteiger partial charge in [0, 0.05) is 37.1 Å². The molecule has 1 unspecified atom stereocenters. The zero-order chi connectivity index (χ0) is 13.1. The van der Waals surface area contributed by atoms with Crippen LogP contribution in [0.2, 0.25) is 0 Å². The average Bonchev–Trinajstić information content (AvgIpc) is 2.79. The van der Waals surface area contributed by atoms with E-state index in [9.17, 15) is 0 Å². The average molecular weight is 253 g/mol. The first-order chi connectivity index (χ1) is 9.38.